The highest BCUT2D eigenvalue weighted by Crippen LogP contribution is 2.55. The van der Waals surface area contributed by atoms with Crippen molar-refractivity contribution < 1.29 is 22.4 Å². The van der Waals surface area contributed by atoms with Gasteiger partial charge in [-0.1, -0.05) is 11.6 Å². The summed E-state index contributed by atoms with van der Waals surface area (Å²) in [6, 6.07) is 5.24. The number of carbonyl (C=O) groups excluding carboxylic acids is 1. The number of nitrogens with zero attached hydrogens (tertiary/aromatic N) is 6. The van der Waals surface area contributed by atoms with Crippen molar-refractivity contribution >= 4 is 23.5 Å². The molecule has 35 heavy (non-hydrogen) atoms. The van der Waals surface area contributed by atoms with Crippen LogP contribution in [0.4, 0.5) is 23.5 Å². The largest absolute Gasteiger partial charge is 0.406 e. The number of rotatable bonds is 3. The first-order valence-corrected chi connectivity index (χ1v) is 12.2. The molecule has 0 bridgehead atoms. The average Bonchev–Trinajstić information content (AvgIpc) is 3.64. The third-order valence-corrected chi connectivity index (χ3v) is 8.53. The van der Waals surface area contributed by atoms with Gasteiger partial charge in [0.15, 0.2) is 11.5 Å². The molecule has 1 aromatic heterocycles. The second kappa shape index (κ2) is 6.67. The Morgan fingerprint density at radius 1 is 1.00 bits per heavy atom. The summed E-state index contributed by atoms with van der Waals surface area (Å²) in [5.74, 6) is 0.625. The first-order chi connectivity index (χ1) is 16.5. The molecular weight excluding hydrogens is 488 g/mol. The van der Waals surface area contributed by atoms with Crippen LogP contribution >= 0.6 is 11.6 Å². The van der Waals surface area contributed by atoms with Crippen molar-refractivity contribution in [2.75, 3.05) is 31.1 Å². The van der Waals surface area contributed by atoms with E-state index in [2.05, 4.69) is 10.2 Å². The van der Waals surface area contributed by atoms with Crippen molar-refractivity contribution in [3.63, 3.8) is 0 Å². The fourth-order valence-electron chi connectivity index (χ4n) is 6.01. The number of carbonyl (C=O) groups is 1. The Hall–Kier alpha value is -2.40. The van der Waals surface area contributed by atoms with Crippen LogP contribution in [0.25, 0.3) is 5.69 Å². The molecule has 1 spiro atoms. The van der Waals surface area contributed by atoms with Crippen LogP contribution in [0.3, 0.4) is 0 Å². The molecule has 186 valence electrons. The second-order valence-electron chi connectivity index (χ2n) is 10.9. The lowest BCUT2D eigenvalue weighted by atomic mass is 9.72. The van der Waals surface area contributed by atoms with Crippen LogP contribution in [0.1, 0.15) is 37.1 Å². The predicted octanol–water partition coefficient (Wildman–Crippen LogP) is 3.48. The Labute approximate surface area is 203 Å². The quantitative estimate of drug-likeness (QED) is 0.592. The van der Waals surface area contributed by atoms with E-state index in [0.717, 1.165) is 5.69 Å². The van der Waals surface area contributed by atoms with Gasteiger partial charge >= 0.3 is 6.18 Å². The van der Waals surface area contributed by atoms with Gasteiger partial charge in [-0.25, -0.2) is 4.39 Å². The number of fused-ring (bicyclic) bond motifs is 3. The highest BCUT2D eigenvalue weighted by atomic mass is 35.5. The highest BCUT2D eigenvalue weighted by Gasteiger charge is 2.67. The van der Waals surface area contributed by atoms with Gasteiger partial charge in [-0.05, 0) is 49.4 Å². The number of benzene rings is 1. The molecule has 12 heteroatoms. The SMILES string of the molecule is O=C(N1CC2(C1)CN(c1nnc3n1-c1ccc(Cl)cc1CN(C1(C(F)(F)F)CC1)C3)C2)C1(F)CC1. The van der Waals surface area contributed by atoms with Gasteiger partial charge in [-0.3, -0.25) is 14.3 Å². The molecule has 0 atom stereocenters. The molecule has 3 aliphatic heterocycles. The standard InChI is InChI=1S/C23H23ClF4N6O/c24-15-1-2-16-14(7-15)8-33(22(5-6-22)23(26,27)28)9-17-29-30-19(34(16)17)32-12-20(13-32)10-31(11-20)18(35)21(25)3-4-21/h1-2,7H,3-6,8-13H2. The van der Waals surface area contributed by atoms with E-state index in [1.807, 2.05) is 9.47 Å². The minimum atomic E-state index is -4.33. The minimum Gasteiger partial charge on any atom is -0.339 e. The van der Waals surface area contributed by atoms with E-state index >= 15 is 0 Å². The van der Waals surface area contributed by atoms with Gasteiger partial charge in [-0.2, -0.15) is 13.2 Å². The number of aromatic nitrogens is 3. The van der Waals surface area contributed by atoms with Gasteiger partial charge in [0.05, 0.1) is 12.2 Å². The Morgan fingerprint density at radius 2 is 1.71 bits per heavy atom. The second-order valence-corrected chi connectivity index (χ2v) is 11.3. The molecule has 0 radical (unpaired) electrons. The number of likely N-dealkylation sites (tertiary alicyclic amines) is 1. The zero-order chi connectivity index (χ0) is 24.4. The summed E-state index contributed by atoms with van der Waals surface area (Å²) in [6.45, 7) is 2.44. The molecule has 2 aliphatic carbocycles. The van der Waals surface area contributed by atoms with E-state index in [-0.39, 0.29) is 31.3 Å². The van der Waals surface area contributed by atoms with Crippen LogP contribution in [0.2, 0.25) is 5.02 Å². The maximum atomic E-state index is 14.1. The van der Waals surface area contributed by atoms with Crippen LogP contribution in [-0.2, 0) is 17.9 Å². The lowest BCUT2D eigenvalue weighted by Gasteiger charge is -2.60. The maximum Gasteiger partial charge on any atom is 0.406 e. The van der Waals surface area contributed by atoms with Crippen molar-refractivity contribution in [1.29, 1.82) is 0 Å². The highest BCUT2D eigenvalue weighted by molar-refractivity contribution is 6.30. The smallest absolute Gasteiger partial charge is 0.339 e. The van der Waals surface area contributed by atoms with E-state index in [0.29, 0.717) is 61.4 Å². The third-order valence-electron chi connectivity index (χ3n) is 8.29. The fraction of sp³-hybridized carbons (Fsp3) is 0.609. The normalized spacial score (nSPS) is 25.3. The molecule has 7 rings (SSSR count). The first kappa shape index (κ1) is 21.8. The Morgan fingerprint density at radius 3 is 2.34 bits per heavy atom. The molecule has 0 N–H and O–H groups in total. The van der Waals surface area contributed by atoms with Crippen molar-refractivity contribution in [2.45, 2.75) is 56.2 Å². The van der Waals surface area contributed by atoms with Crippen LogP contribution in [0, 0.1) is 5.41 Å². The van der Waals surface area contributed by atoms with Crippen molar-refractivity contribution in [3.05, 3.63) is 34.6 Å². The van der Waals surface area contributed by atoms with E-state index in [9.17, 15) is 22.4 Å². The molecule has 2 saturated heterocycles. The van der Waals surface area contributed by atoms with E-state index in [4.69, 9.17) is 11.6 Å². The van der Waals surface area contributed by atoms with E-state index in [1.165, 1.54) is 4.90 Å². The summed E-state index contributed by atoms with van der Waals surface area (Å²) in [5, 5.41) is 9.13. The molecule has 1 amide bonds. The Bertz CT molecular complexity index is 1240. The Kier molecular flexibility index (Phi) is 4.16. The van der Waals surface area contributed by atoms with E-state index in [1.54, 1.807) is 23.1 Å². The third kappa shape index (κ3) is 3.09. The molecule has 4 heterocycles. The van der Waals surface area contributed by atoms with Crippen LogP contribution in [-0.4, -0.2) is 74.0 Å². The lowest BCUT2D eigenvalue weighted by molar-refractivity contribution is -0.200. The molecule has 2 aromatic rings. The zero-order valence-corrected chi connectivity index (χ0v) is 19.5. The topological polar surface area (TPSA) is 57.5 Å². The van der Waals surface area contributed by atoms with Gasteiger partial charge < -0.3 is 9.80 Å². The van der Waals surface area contributed by atoms with Gasteiger partial charge in [0.1, 0.15) is 5.54 Å². The summed E-state index contributed by atoms with van der Waals surface area (Å²) in [7, 11) is 0. The number of hydrogen-bond donors (Lipinski definition) is 0. The summed E-state index contributed by atoms with van der Waals surface area (Å²) < 4.78 is 57.9. The fourth-order valence-corrected chi connectivity index (χ4v) is 6.21. The zero-order valence-electron chi connectivity index (χ0n) is 18.8. The summed E-state index contributed by atoms with van der Waals surface area (Å²) in [6.07, 6.45) is -3.58. The maximum absolute atomic E-state index is 14.1. The predicted molar refractivity (Wildman–Crippen MR) is 118 cm³/mol. The summed E-state index contributed by atoms with van der Waals surface area (Å²) in [4.78, 5) is 17.3. The molecule has 5 aliphatic rings. The van der Waals surface area contributed by atoms with E-state index < -0.39 is 23.3 Å². The Balaban J connectivity index is 1.17. The van der Waals surface area contributed by atoms with Crippen LogP contribution < -0.4 is 4.90 Å². The van der Waals surface area contributed by atoms with Crippen molar-refractivity contribution in [2.24, 2.45) is 5.41 Å². The van der Waals surface area contributed by atoms with Crippen molar-refractivity contribution in [1.82, 2.24) is 24.6 Å². The average molecular weight is 511 g/mol. The van der Waals surface area contributed by atoms with Gasteiger partial charge in [0.2, 0.25) is 5.95 Å². The van der Waals surface area contributed by atoms with Crippen molar-refractivity contribution in [3.8, 4) is 5.69 Å². The number of anilines is 1. The van der Waals surface area contributed by atoms with Gasteiger partial charge in [-0.15, -0.1) is 10.2 Å². The molecule has 7 nitrogen and oxygen atoms in total. The lowest BCUT2D eigenvalue weighted by Crippen LogP contribution is -2.74. The van der Waals surface area contributed by atoms with Crippen LogP contribution in [0.5, 0.6) is 0 Å². The molecule has 1 aromatic carbocycles. The summed E-state index contributed by atoms with van der Waals surface area (Å²) >= 11 is 6.23. The minimum absolute atomic E-state index is 0.0264. The molecule has 4 fully saturated rings. The first-order valence-electron chi connectivity index (χ1n) is 11.8. The molecular formula is C23H23ClF4N6O. The van der Waals surface area contributed by atoms with Gasteiger partial charge in [0.25, 0.3) is 5.91 Å². The number of alkyl halides is 4. The molecule has 0 unspecified atom stereocenters. The van der Waals surface area contributed by atoms with Crippen LogP contribution in [0.15, 0.2) is 18.2 Å². The number of amides is 1. The monoisotopic (exact) mass is 510 g/mol. The number of hydrogen-bond acceptors (Lipinski definition) is 5. The number of halogens is 5. The van der Waals surface area contributed by atoms with Gasteiger partial charge in [0, 0.05) is 43.2 Å². The molecule has 2 saturated carbocycles. The summed E-state index contributed by atoms with van der Waals surface area (Å²) in [5.41, 5.74) is -2.17.